The highest BCUT2D eigenvalue weighted by Crippen LogP contribution is 2.23. The van der Waals surface area contributed by atoms with E-state index in [9.17, 15) is 9.59 Å². The number of ether oxygens (including phenoxy) is 1. The van der Waals surface area contributed by atoms with Gasteiger partial charge in [0.15, 0.2) is 4.77 Å². The number of para-hydroxylation sites is 1. The van der Waals surface area contributed by atoms with Crippen molar-refractivity contribution in [3.8, 4) is 5.75 Å². The fourth-order valence-electron chi connectivity index (χ4n) is 4.55. The number of piperidine rings is 1. The number of likely N-dealkylation sites (tertiary alicyclic amines) is 1. The minimum atomic E-state index is -0.191. The summed E-state index contributed by atoms with van der Waals surface area (Å²) in [5.41, 5.74) is 1.83. The highest BCUT2D eigenvalue weighted by molar-refractivity contribution is 7.71. The van der Waals surface area contributed by atoms with Crippen molar-refractivity contribution in [3.05, 3.63) is 68.7 Å². The second-order valence-corrected chi connectivity index (χ2v) is 8.94. The molecule has 1 saturated heterocycles. The van der Waals surface area contributed by atoms with E-state index < -0.39 is 0 Å². The monoisotopic (exact) mass is 437 g/mol. The van der Waals surface area contributed by atoms with Crippen molar-refractivity contribution in [3.63, 3.8) is 0 Å². The first-order valence-corrected chi connectivity index (χ1v) is 11.0. The molecule has 31 heavy (non-hydrogen) atoms. The molecule has 2 heterocycles. The van der Waals surface area contributed by atoms with Crippen molar-refractivity contribution in [1.29, 1.82) is 0 Å². The van der Waals surface area contributed by atoms with Crippen molar-refractivity contribution >= 4 is 29.0 Å². The van der Waals surface area contributed by atoms with Crippen LogP contribution in [0.25, 0.3) is 10.9 Å². The highest BCUT2D eigenvalue weighted by Gasteiger charge is 2.26. The quantitative estimate of drug-likeness (QED) is 0.620. The summed E-state index contributed by atoms with van der Waals surface area (Å²) < 4.78 is 7.23. The molecule has 0 aliphatic carbocycles. The smallest absolute Gasteiger partial charge is 0.262 e. The number of amides is 1. The van der Waals surface area contributed by atoms with Crippen LogP contribution in [-0.2, 0) is 6.54 Å². The van der Waals surface area contributed by atoms with E-state index in [2.05, 4.69) is 18.8 Å². The van der Waals surface area contributed by atoms with Gasteiger partial charge in [0.2, 0.25) is 0 Å². The van der Waals surface area contributed by atoms with E-state index in [-0.39, 0.29) is 11.5 Å². The molecular formula is C24H27N3O3S. The third-order valence-electron chi connectivity index (χ3n) is 5.91. The van der Waals surface area contributed by atoms with Gasteiger partial charge in [-0.05, 0) is 54.7 Å². The Kier molecular flexibility index (Phi) is 5.96. The minimum Gasteiger partial charge on any atom is -0.496 e. The molecule has 162 valence electrons. The summed E-state index contributed by atoms with van der Waals surface area (Å²) in [5.74, 6) is 1.68. The fraction of sp³-hybridized carbons (Fsp3) is 0.375. The Morgan fingerprint density at radius 1 is 1.16 bits per heavy atom. The number of carbonyl (C=O) groups is 1. The fourth-order valence-corrected chi connectivity index (χ4v) is 4.80. The molecule has 7 heteroatoms. The van der Waals surface area contributed by atoms with E-state index in [4.69, 9.17) is 17.0 Å². The number of methoxy groups -OCH3 is 1. The van der Waals surface area contributed by atoms with Crippen LogP contribution < -0.4 is 10.3 Å². The van der Waals surface area contributed by atoms with Crippen molar-refractivity contribution in [1.82, 2.24) is 14.5 Å². The maximum atomic E-state index is 13.2. The van der Waals surface area contributed by atoms with Gasteiger partial charge in [-0.15, -0.1) is 0 Å². The number of aromatic amines is 1. The minimum absolute atomic E-state index is 0.00202. The molecule has 0 bridgehead atoms. The lowest BCUT2D eigenvalue weighted by molar-refractivity contribution is 0.0623. The molecule has 2 aromatic carbocycles. The number of H-pyrrole nitrogens is 1. The third kappa shape index (κ3) is 4.28. The van der Waals surface area contributed by atoms with Gasteiger partial charge in [0.1, 0.15) is 5.75 Å². The number of aromatic nitrogens is 2. The summed E-state index contributed by atoms with van der Waals surface area (Å²) >= 11 is 5.48. The van der Waals surface area contributed by atoms with Gasteiger partial charge in [-0.1, -0.05) is 32.0 Å². The summed E-state index contributed by atoms with van der Waals surface area (Å²) in [6.07, 6.45) is 1.14. The van der Waals surface area contributed by atoms with E-state index in [1.165, 1.54) is 4.57 Å². The molecule has 3 aromatic rings. The molecule has 1 fully saturated rings. The zero-order chi connectivity index (χ0) is 22.1. The molecule has 0 radical (unpaired) electrons. The summed E-state index contributed by atoms with van der Waals surface area (Å²) in [6.45, 7) is 6.18. The number of carbonyl (C=O) groups excluding carboxylic acids is 1. The predicted octanol–water partition coefficient (Wildman–Crippen LogP) is 4.23. The molecular weight excluding hydrogens is 410 g/mol. The maximum Gasteiger partial charge on any atom is 0.262 e. The molecule has 1 aliphatic heterocycles. The number of nitrogens with one attached hydrogen (secondary N) is 1. The number of rotatable bonds is 4. The molecule has 6 nitrogen and oxygen atoms in total. The van der Waals surface area contributed by atoms with Crippen molar-refractivity contribution < 1.29 is 9.53 Å². The van der Waals surface area contributed by atoms with Gasteiger partial charge in [0.05, 0.1) is 24.6 Å². The van der Waals surface area contributed by atoms with E-state index in [1.54, 1.807) is 25.3 Å². The van der Waals surface area contributed by atoms with E-state index in [0.29, 0.717) is 45.4 Å². The SMILES string of the molecule is COc1ccccc1Cn1c(=S)[nH]c2cc(C(=O)N3C[C@@H](C)C[C@H](C)C3)ccc2c1=O. The van der Waals surface area contributed by atoms with Crippen LogP contribution in [0.5, 0.6) is 5.75 Å². The summed E-state index contributed by atoms with van der Waals surface area (Å²) in [5, 5.41) is 0.500. The van der Waals surface area contributed by atoms with Gasteiger partial charge in [-0.2, -0.15) is 0 Å². The lowest BCUT2D eigenvalue weighted by Gasteiger charge is -2.35. The third-order valence-corrected chi connectivity index (χ3v) is 6.23. The van der Waals surface area contributed by atoms with Gasteiger partial charge < -0.3 is 14.6 Å². The topological polar surface area (TPSA) is 67.3 Å². The lowest BCUT2D eigenvalue weighted by atomic mass is 9.91. The molecule has 1 amide bonds. The summed E-state index contributed by atoms with van der Waals surface area (Å²) in [7, 11) is 1.60. The van der Waals surface area contributed by atoms with Crippen LogP contribution in [0.3, 0.4) is 0 Å². The Hall–Kier alpha value is -2.93. The van der Waals surface area contributed by atoms with Gasteiger partial charge in [-0.3, -0.25) is 14.2 Å². The van der Waals surface area contributed by atoms with Crippen LogP contribution in [0.4, 0.5) is 0 Å². The van der Waals surface area contributed by atoms with Crippen LogP contribution >= 0.6 is 12.2 Å². The first-order valence-electron chi connectivity index (χ1n) is 10.6. The Bertz CT molecular complexity index is 1240. The molecule has 0 saturated carbocycles. The maximum absolute atomic E-state index is 13.2. The number of hydrogen-bond donors (Lipinski definition) is 1. The Labute approximate surface area is 186 Å². The second kappa shape index (κ2) is 8.67. The van der Waals surface area contributed by atoms with Gasteiger partial charge in [-0.25, -0.2) is 0 Å². The van der Waals surface area contributed by atoms with Crippen molar-refractivity contribution in [2.75, 3.05) is 20.2 Å². The van der Waals surface area contributed by atoms with Crippen LogP contribution in [0.2, 0.25) is 0 Å². The van der Waals surface area contributed by atoms with Crippen molar-refractivity contribution in [2.24, 2.45) is 11.8 Å². The number of fused-ring (bicyclic) bond motifs is 1. The first kappa shape index (κ1) is 21.3. The zero-order valence-electron chi connectivity index (χ0n) is 18.1. The van der Waals surface area contributed by atoms with Gasteiger partial charge in [0, 0.05) is 24.2 Å². The molecule has 0 spiro atoms. The normalized spacial score (nSPS) is 18.9. The lowest BCUT2D eigenvalue weighted by Crippen LogP contribution is -2.42. The number of hydrogen-bond acceptors (Lipinski definition) is 4. The van der Waals surface area contributed by atoms with E-state index in [1.807, 2.05) is 29.2 Å². The largest absolute Gasteiger partial charge is 0.496 e. The Morgan fingerprint density at radius 2 is 1.87 bits per heavy atom. The van der Waals surface area contributed by atoms with Crippen LogP contribution in [-0.4, -0.2) is 40.6 Å². The molecule has 1 aliphatic rings. The Balaban J connectivity index is 1.69. The highest BCUT2D eigenvalue weighted by atomic mass is 32.1. The standard InChI is InChI=1S/C24H27N3O3S/c1-15-10-16(2)13-26(12-15)22(28)17-8-9-19-20(11-17)25-24(31)27(23(19)29)14-18-6-4-5-7-21(18)30-3/h4-9,11,15-16H,10,12-14H2,1-3H3,(H,25,31)/t15-,16-/m0/s1. The zero-order valence-corrected chi connectivity index (χ0v) is 18.9. The number of benzene rings is 2. The average Bonchev–Trinajstić information content (AvgIpc) is 2.75. The second-order valence-electron chi connectivity index (χ2n) is 8.55. The van der Waals surface area contributed by atoms with Gasteiger partial charge in [0.25, 0.3) is 11.5 Å². The van der Waals surface area contributed by atoms with E-state index >= 15 is 0 Å². The van der Waals surface area contributed by atoms with Gasteiger partial charge >= 0.3 is 0 Å². The molecule has 2 atom stereocenters. The molecule has 1 aromatic heterocycles. The molecule has 1 N–H and O–H groups in total. The summed E-state index contributed by atoms with van der Waals surface area (Å²) in [6, 6.07) is 12.7. The molecule has 0 unspecified atom stereocenters. The first-order chi connectivity index (χ1) is 14.9. The van der Waals surface area contributed by atoms with Crippen molar-refractivity contribution in [2.45, 2.75) is 26.8 Å². The predicted molar refractivity (Wildman–Crippen MR) is 124 cm³/mol. The van der Waals surface area contributed by atoms with E-state index in [0.717, 1.165) is 25.1 Å². The summed E-state index contributed by atoms with van der Waals surface area (Å²) in [4.78, 5) is 31.3. The van der Waals surface area contributed by atoms with Crippen LogP contribution in [0.15, 0.2) is 47.3 Å². The molecule has 4 rings (SSSR count). The number of nitrogens with zero attached hydrogens (tertiary/aromatic N) is 2. The Morgan fingerprint density at radius 3 is 2.58 bits per heavy atom. The average molecular weight is 438 g/mol. The van der Waals surface area contributed by atoms with Crippen LogP contribution in [0.1, 0.15) is 36.2 Å². The van der Waals surface area contributed by atoms with Crippen LogP contribution in [0, 0.1) is 16.6 Å².